The molecular weight excluding hydrogens is 272 g/mol. The molecule has 1 fully saturated rings. The first-order valence-corrected chi connectivity index (χ1v) is 7.79. The number of nitrogens with one attached hydrogen (secondary N) is 3. The minimum absolute atomic E-state index is 0.169. The molecule has 0 radical (unpaired) electrons. The second kappa shape index (κ2) is 5.12. The summed E-state index contributed by atoms with van der Waals surface area (Å²) < 4.78 is 0. The summed E-state index contributed by atoms with van der Waals surface area (Å²) in [7, 11) is 0. The molecule has 2 heterocycles. The fourth-order valence-corrected chi connectivity index (χ4v) is 3.39. The number of fused-ring (bicyclic) bond motifs is 1. The third kappa shape index (κ3) is 2.19. The second-order valence-corrected chi connectivity index (χ2v) is 5.97. The lowest BCUT2D eigenvalue weighted by Crippen LogP contribution is -2.74. The van der Waals surface area contributed by atoms with Crippen LogP contribution in [0.25, 0.3) is 0 Å². The molecule has 0 aromatic heterocycles. The predicted octanol–water partition coefficient (Wildman–Crippen LogP) is 0.757. The zero-order valence-corrected chi connectivity index (χ0v) is 12.2. The van der Waals surface area contributed by atoms with Gasteiger partial charge in [0.2, 0.25) is 5.12 Å². The highest BCUT2D eigenvalue weighted by Crippen LogP contribution is 2.29. The molecular formula is C14H18N4OS. The van der Waals surface area contributed by atoms with Gasteiger partial charge in [-0.2, -0.15) is 5.43 Å². The van der Waals surface area contributed by atoms with Gasteiger partial charge in [0.25, 0.3) is 5.91 Å². The maximum atomic E-state index is 11.9. The number of hydrogen-bond acceptors (Lipinski definition) is 5. The fraction of sp³-hybridized carbons (Fsp3) is 0.357. The van der Waals surface area contributed by atoms with Gasteiger partial charge in [0.05, 0.1) is 0 Å². The molecule has 0 bridgehead atoms. The van der Waals surface area contributed by atoms with Crippen molar-refractivity contribution in [2.45, 2.75) is 18.1 Å². The van der Waals surface area contributed by atoms with E-state index in [1.807, 2.05) is 6.26 Å². The van der Waals surface area contributed by atoms with Crippen LogP contribution in [0.2, 0.25) is 0 Å². The average Bonchev–Trinajstić information content (AvgIpc) is 2.50. The molecule has 2 aliphatic rings. The fourth-order valence-electron chi connectivity index (χ4n) is 2.63. The molecule has 3 N–H and O–H groups in total. The van der Waals surface area contributed by atoms with E-state index in [2.05, 4.69) is 51.9 Å². The van der Waals surface area contributed by atoms with Crippen molar-refractivity contribution >= 4 is 17.7 Å². The van der Waals surface area contributed by atoms with Crippen LogP contribution in [0.5, 0.6) is 0 Å². The molecule has 0 unspecified atom stereocenters. The van der Waals surface area contributed by atoms with E-state index in [0.29, 0.717) is 5.70 Å². The van der Waals surface area contributed by atoms with Crippen molar-refractivity contribution in [3.63, 3.8) is 0 Å². The van der Waals surface area contributed by atoms with E-state index in [-0.39, 0.29) is 5.91 Å². The molecule has 0 spiro atoms. The Kier molecular flexibility index (Phi) is 3.45. The monoisotopic (exact) mass is 290 g/mol. The van der Waals surface area contributed by atoms with Crippen LogP contribution in [-0.4, -0.2) is 28.7 Å². The number of hydrogen-bond donors (Lipinski definition) is 3. The number of hydrazine groups is 1. The van der Waals surface area contributed by atoms with E-state index in [9.17, 15) is 4.79 Å². The number of carbonyl (C=O) groups excluding carboxylic acids is 1. The van der Waals surface area contributed by atoms with Crippen LogP contribution in [0.15, 0.2) is 36.5 Å². The van der Waals surface area contributed by atoms with Crippen LogP contribution >= 0.6 is 11.8 Å². The highest BCUT2D eigenvalue weighted by molar-refractivity contribution is 7.99. The van der Waals surface area contributed by atoms with Crippen LogP contribution < -0.4 is 16.2 Å². The molecule has 20 heavy (non-hydrogen) atoms. The summed E-state index contributed by atoms with van der Waals surface area (Å²) in [5, 5.41) is 2.37. The number of nitrogens with zero attached hydrogens (tertiary/aromatic N) is 1. The average molecular weight is 290 g/mol. The normalized spacial score (nSPS) is 26.6. The Morgan fingerprint density at radius 1 is 1.35 bits per heavy atom. The number of thioether (sulfide) groups is 1. The SMILES string of the molecule is C=C1NN[C@](SC)(N2CCc3ccccc3C2)NC1=O. The lowest BCUT2D eigenvalue weighted by Gasteiger charge is -2.47. The minimum atomic E-state index is -0.633. The van der Waals surface area contributed by atoms with Gasteiger partial charge in [0.15, 0.2) is 0 Å². The molecule has 5 nitrogen and oxygen atoms in total. The van der Waals surface area contributed by atoms with Gasteiger partial charge in [-0.15, -0.1) is 11.8 Å². The Labute approximate surface area is 122 Å². The Morgan fingerprint density at radius 2 is 2.10 bits per heavy atom. The number of carbonyl (C=O) groups is 1. The maximum Gasteiger partial charge on any atom is 0.271 e. The quantitative estimate of drug-likeness (QED) is 0.702. The molecule has 106 valence electrons. The molecule has 0 aliphatic carbocycles. The minimum Gasteiger partial charge on any atom is -0.313 e. The smallest absolute Gasteiger partial charge is 0.271 e. The predicted molar refractivity (Wildman–Crippen MR) is 80.4 cm³/mol. The number of rotatable bonds is 2. The van der Waals surface area contributed by atoms with Crippen molar-refractivity contribution in [3.05, 3.63) is 47.7 Å². The molecule has 1 amide bonds. The van der Waals surface area contributed by atoms with Crippen molar-refractivity contribution in [3.8, 4) is 0 Å². The highest BCUT2D eigenvalue weighted by atomic mass is 32.2. The largest absolute Gasteiger partial charge is 0.313 e. The number of amides is 1. The topological polar surface area (TPSA) is 56.4 Å². The molecule has 1 aromatic carbocycles. The zero-order chi connectivity index (χ0) is 14.2. The summed E-state index contributed by atoms with van der Waals surface area (Å²) in [6.07, 6.45) is 2.96. The Morgan fingerprint density at radius 3 is 2.80 bits per heavy atom. The van der Waals surface area contributed by atoms with E-state index in [1.165, 1.54) is 11.1 Å². The summed E-state index contributed by atoms with van der Waals surface area (Å²) in [5.74, 6) is -0.169. The van der Waals surface area contributed by atoms with E-state index >= 15 is 0 Å². The Balaban J connectivity index is 1.85. The van der Waals surface area contributed by atoms with Crippen LogP contribution in [0, 0.1) is 0 Å². The first kappa shape index (κ1) is 13.5. The van der Waals surface area contributed by atoms with E-state index < -0.39 is 5.12 Å². The summed E-state index contributed by atoms with van der Waals surface area (Å²) in [6.45, 7) is 5.35. The molecule has 3 rings (SSSR count). The van der Waals surface area contributed by atoms with Crippen LogP contribution in [0.3, 0.4) is 0 Å². The van der Waals surface area contributed by atoms with Crippen LogP contribution in [-0.2, 0) is 17.8 Å². The summed E-state index contributed by atoms with van der Waals surface area (Å²) in [4.78, 5) is 14.1. The first-order valence-electron chi connectivity index (χ1n) is 6.56. The standard InChI is InChI=1S/C14H18N4OS/c1-10-13(19)15-14(20-2,17-16-10)18-8-7-11-5-3-4-6-12(11)9-18/h3-6,16-17H,1,7-9H2,2H3,(H,15,19)/t14-/m0/s1. The Bertz CT molecular complexity index is 562. The summed E-state index contributed by atoms with van der Waals surface area (Å²) >= 11 is 1.56. The van der Waals surface area contributed by atoms with Gasteiger partial charge >= 0.3 is 0 Å². The van der Waals surface area contributed by atoms with Gasteiger partial charge in [0.1, 0.15) is 5.70 Å². The zero-order valence-electron chi connectivity index (χ0n) is 11.4. The molecule has 0 saturated carbocycles. The Hall–Kier alpha value is -1.50. The lowest BCUT2D eigenvalue weighted by molar-refractivity contribution is -0.124. The molecule has 1 saturated heterocycles. The van der Waals surface area contributed by atoms with Crippen molar-refractivity contribution in [1.29, 1.82) is 0 Å². The summed E-state index contributed by atoms with van der Waals surface area (Å²) in [6, 6.07) is 8.45. The van der Waals surface area contributed by atoms with E-state index in [1.54, 1.807) is 11.8 Å². The van der Waals surface area contributed by atoms with Gasteiger partial charge in [0, 0.05) is 13.1 Å². The van der Waals surface area contributed by atoms with Gasteiger partial charge in [-0.05, 0) is 23.8 Å². The molecule has 1 aromatic rings. The highest BCUT2D eigenvalue weighted by Gasteiger charge is 2.42. The van der Waals surface area contributed by atoms with Crippen LogP contribution in [0.1, 0.15) is 11.1 Å². The second-order valence-electron chi connectivity index (χ2n) is 4.97. The molecule has 1 atom stereocenters. The van der Waals surface area contributed by atoms with Crippen molar-refractivity contribution < 1.29 is 4.79 Å². The van der Waals surface area contributed by atoms with Crippen molar-refractivity contribution in [2.24, 2.45) is 0 Å². The van der Waals surface area contributed by atoms with Gasteiger partial charge < -0.3 is 10.7 Å². The number of benzene rings is 1. The van der Waals surface area contributed by atoms with Gasteiger partial charge in [-0.3, -0.25) is 9.69 Å². The van der Waals surface area contributed by atoms with Crippen molar-refractivity contribution in [1.82, 2.24) is 21.1 Å². The third-order valence-electron chi connectivity index (χ3n) is 3.81. The maximum absolute atomic E-state index is 11.9. The van der Waals surface area contributed by atoms with E-state index in [0.717, 1.165) is 19.5 Å². The van der Waals surface area contributed by atoms with Gasteiger partial charge in [-0.1, -0.05) is 30.8 Å². The van der Waals surface area contributed by atoms with Crippen LogP contribution in [0.4, 0.5) is 0 Å². The third-order valence-corrected chi connectivity index (χ3v) is 4.86. The lowest BCUT2D eigenvalue weighted by atomic mass is 10.00. The first-order chi connectivity index (χ1) is 9.64. The van der Waals surface area contributed by atoms with E-state index in [4.69, 9.17) is 0 Å². The molecule has 2 aliphatic heterocycles. The van der Waals surface area contributed by atoms with Crippen molar-refractivity contribution in [2.75, 3.05) is 12.8 Å². The molecule has 6 heteroatoms. The summed E-state index contributed by atoms with van der Waals surface area (Å²) in [5.41, 5.74) is 9.09. The van der Waals surface area contributed by atoms with Gasteiger partial charge in [-0.25, -0.2) is 0 Å².